The number of hydrogen-bond acceptors (Lipinski definition) is 2. The Bertz CT molecular complexity index is 542. The number of aromatic nitrogens is 2. The summed E-state index contributed by atoms with van der Waals surface area (Å²) in [7, 11) is 0. The lowest BCUT2D eigenvalue weighted by atomic mass is 10.0. The summed E-state index contributed by atoms with van der Waals surface area (Å²) < 4.78 is 14.8. The van der Waals surface area contributed by atoms with E-state index in [0.29, 0.717) is 16.1 Å². The maximum absolute atomic E-state index is 13.1. The first-order valence-corrected chi connectivity index (χ1v) is 6.12. The summed E-state index contributed by atoms with van der Waals surface area (Å²) in [6.07, 6.45) is 2.93. The van der Waals surface area contributed by atoms with Gasteiger partial charge in [0, 0.05) is 29.7 Å². The Morgan fingerprint density at radius 2 is 2.28 bits per heavy atom. The van der Waals surface area contributed by atoms with E-state index in [9.17, 15) is 9.50 Å². The fourth-order valence-corrected chi connectivity index (χ4v) is 1.95. The SMILES string of the molecule is CCn1cc(C(O)Cc2cc(F)ccc2Cl)cn1. The van der Waals surface area contributed by atoms with Crippen LogP contribution in [-0.4, -0.2) is 14.9 Å². The number of nitrogens with zero attached hydrogens (tertiary/aromatic N) is 2. The zero-order chi connectivity index (χ0) is 13.1. The van der Waals surface area contributed by atoms with E-state index in [4.69, 9.17) is 11.6 Å². The zero-order valence-corrected chi connectivity index (χ0v) is 10.7. The van der Waals surface area contributed by atoms with Gasteiger partial charge in [0.25, 0.3) is 0 Å². The molecule has 3 nitrogen and oxygen atoms in total. The molecule has 0 saturated heterocycles. The maximum atomic E-state index is 13.1. The van der Waals surface area contributed by atoms with Crippen molar-refractivity contribution in [2.75, 3.05) is 0 Å². The molecular weight excluding hydrogens is 255 g/mol. The van der Waals surface area contributed by atoms with Crippen molar-refractivity contribution >= 4 is 11.6 Å². The number of benzene rings is 1. The predicted molar refractivity (Wildman–Crippen MR) is 68.0 cm³/mol. The van der Waals surface area contributed by atoms with Gasteiger partial charge in [0.15, 0.2) is 0 Å². The Morgan fingerprint density at radius 1 is 1.50 bits per heavy atom. The molecule has 0 fully saturated rings. The first-order chi connectivity index (χ1) is 8.60. The molecule has 0 aliphatic heterocycles. The quantitative estimate of drug-likeness (QED) is 0.926. The minimum Gasteiger partial charge on any atom is -0.388 e. The van der Waals surface area contributed by atoms with Crippen molar-refractivity contribution in [3.63, 3.8) is 0 Å². The van der Waals surface area contributed by atoms with Crippen molar-refractivity contribution in [3.05, 3.63) is 52.6 Å². The largest absolute Gasteiger partial charge is 0.388 e. The fraction of sp³-hybridized carbons (Fsp3) is 0.308. The van der Waals surface area contributed by atoms with E-state index in [-0.39, 0.29) is 12.2 Å². The van der Waals surface area contributed by atoms with E-state index in [1.165, 1.54) is 18.2 Å². The molecule has 0 bridgehead atoms. The number of rotatable bonds is 4. The minimum absolute atomic E-state index is 0.270. The molecular formula is C13H14ClFN2O. The average Bonchev–Trinajstić information content (AvgIpc) is 2.82. The van der Waals surface area contributed by atoms with Crippen LogP contribution in [0.5, 0.6) is 0 Å². The van der Waals surface area contributed by atoms with Crippen LogP contribution in [0.25, 0.3) is 0 Å². The Labute approximate surface area is 110 Å². The molecule has 1 aromatic heterocycles. The third kappa shape index (κ3) is 2.89. The van der Waals surface area contributed by atoms with E-state index in [2.05, 4.69) is 5.10 Å². The summed E-state index contributed by atoms with van der Waals surface area (Å²) in [5.41, 5.74) is 1.30. The lowest BCUT2D eigenvalue weighted by Gasteiger charge is -2.10. The van der Waals surface area contributed by atoms with E-state index < -0.39 is 6.10 Å². The molecule has 0 saturated carbocycles. The van der Waals surface area contributed by atoms with Crippen LogP contribution < -0.4 is 0 Å². The number of aliphatic hydroxyl groups excluding tert-OH is 1. The Balaban J connectivity index is 2.15. The Morgan fingerprint density at radius 3 is 2.94 bits per heavy atom. The highest BCUT2D eigenvalue weighted by atomic mass is 35.5. The zero-order valence-electron chi connectivity index (χ0n) is 9.98. The molecule has 2 aromatic rings. The molecule has 0 amide bonds. The van der Waals surface area contributed by atoms with E-state index in [0.717, 1.165) is 6.54 Å². The summed E-state index contributed by atoms with van der Waals surface area (Å²) in [6.45, 7) is 2.71. The Hall–Kier alpha value is -1.39. The molecule has 0 aliphatic rings. The second kappa shape index (κ2) is 5.50. The van der Waals surface area contributed by atoms with Gasteiger partial charge < -0.3 is 5.11 Å². The topological polar surface area (TPSA) is 38.0 Å². The normalized spacial score (nSPS) is 12.7. The molecule has 1 aromatic carbocycles. The predicted octanol–water partition coefficient (Wildman–Crippen LogP) is 2.97. The molecule has 18 heavy (non-hydrogen) atoms. The van der Waals surface area contributed by atoms with Crippen molar-refractivity contribution in [1.82, 2.24) is 9.78 Å². The van der Waals surface area contributed by atoms with E-state index in [1.807, 2.05) is 6.92 Å². The van der Waals surface area contributed by atoms with Gasteiger partial charge in [-0.15, -0.1) is 0 Å². The Kier molecular flexibility index (Phi) is 3.99. The first kappa shape index (κ1) is 13.1. The van der Waals surface area contributed by atoms with Crippen LogP contribution in [0.1, 0.15) is 24.2 Å². The highest BCUT2D eigenvalue weighted by Crippen LogP contribution is 2.24. The number of aryl methyl sites for hydroxylation is 1. The van der Waals surface area contributed by atoms with Crippen LogP contribution in [0, 0.1) is 5.82 Å². The van der Waals surface area contributed by atoms with Crippen LogP contribution in [0.2, 0.25) is 5.02 Å². The smallest absolute Gasteiger partial charge is 0.123 e. The lowest BCUT2D eigenvalue weighted by Crippen LogP contribution is -2.02. The molecule has 2 rings (SSSR count). The maximum Gasteiger partial charge on any atom is 0.123 e. The molecule has 96 valence electrons. The highest BCUT2D eigenvalue weighted by Gasteiger charge is 2.13. The third-order valence-corrected chi connectivity index (χ3v) is 3.15. The van der Waals surface area contributed by atoms with Gasteiger partial charge in [-0.3, -0.25) is 4.68 Å². The molecule has 1 heterocycles. The van der Waals surface area contributed by atoms with Gasteiger partial charge >= 0.3 is 0 Å². The van der Waals surface area contributed by atoms with Crippen LogP contribution in [-0.2, 0) is 13.0 Å². The van der Waals surface area contributed by atoms with Gasteiger partial charge in [0.1, 0.15) is 5.82 Å². The summed E-state index contributed by atoms with van der Waals surface area (Å²) >= 11 is 5.96. The molecule has 1 atom stereocenters. The summed E-state index contributed by atoms with van der Waals surface area (Å²) in [5, 5.41) is 14.6. The van der Waals surface area contributed by atoms with Crippen molar-refractivity contribution in [2.45, 2.75) is 26.0 Å². The van der Waals surface area contributed by atoms with Crippen molar-refractivity contribution < 1.29 is 9.50 Å². The molecule has 0 spiro atoms. The van der Waals surface area contributed by atoms with Crippen LogP contribution in [0.15, 0.2) is 30.6 Å². The van der Waals surface area contributed by atoms with Gasteiger partial charge in [-0.05, 0) is 30.7 Å². The van der Waals surface area contributed by atoms with Crippen molar-refractivity contribution in [1.29, 1.82) is 0 Å². The third-order valence-electron chi connectivity index (χ3n) is 2.78. The molecule has 0 aliphatic carbocycles. The lowest BCUT2D eigenvalue weighted by molar-refractivity contribution is 0.178. The molecule has 0 radical (unpaired) electrons. The standard InChI is InChI=1S/C13H14ClFN2O/c1-2-17-8-10(7-16-17)13(18)6-9-5-11(15)3-4-12(9)14/h3-5,7-8,13,18H,2,6H2,1H3. The van der Waals surface area contributed by atoms with Gasteiger partial charge in [-0.2, -0.15) is 5.10 Å². The van der Waals surface area contributed by atoms with Gasteiger partial charge in [-0.25, -0.2) is 4.39 Å². The minimum atomic E-state index is -0.732. The van der Waals surface area contributed by atoms with Crippen LogP contribution >= 0.6 is 11.6 Å². The number of hydrogen-bond donors (Lipinski definition) is 1. The highest BCUT2D eigenvalue weighted by molar-refractivity contribution is 6.31. The van der Waals surface area contributed by atoms with Gasteiger partial charge in [-0.1, -0.05) is 11.6 Å². The molecule has 1 unspecified atom stereocenters. The van der Waals surface area contributed by atoms with Crippen molar-refractivity contribution in [2.24, 2.45) is 0 Å². The summed E-state index contributed by atoms with van der Waals surface area (Å²) in [6, 6.07) is 4.14. The van der Waals surface area contributed by atoms with Gasteiger partial charge in [0.2, 0.25) is 0 Å². The monoisotopic (exact) mass is 268 g/mol. The number of aliphatic hydroxyl groups is 1. The summed E-state index contributed by atoms with van der Waals surface area (Å²) in [4.78, 5) is 0. The molecule has 5 heteroatoms. The van der Waals surface area contributed by atoms with E-state index >= 15 is 0 Å². The van der Waals surface area contributed by atoms with Crippen LogP contribution in [0.3, 0.4) is 0 Å². The first-order valence-electron chi connectivity index (χ1n) is 5.74. The average molecular weight is 269 g/mol. The van der Waals surface area contributed by atoms with E-state index in [1.54, 1.807) is 17.1 Å². The van der Waals surface area contributed by atoms with Crippen molar-refractivity contribution in [3.8, 4) is 0 Å². The van der Waals surface area contributed by atoms with Gasteiger partial charge in [0.05, 0.1) is 12.3 Å². The molecule has 1 N–H and O–H groups in total. The second-order valence-electron chi connectivity index (χ2n) is 4.09. The second-order valence-corrected chi connectivity index (χ2v) is 4.49. The summed E-state index contributed by atoms with van der Waals surface area (Å²) in [5.74, 6) is -0.356. The number of halogens is 2. The van der Waals surface area contributed by atoms with Crippen LogP contribution in [0.4, 0.5) is 4.39 Å². The fourth-order valence-electron chi connectivity index (χ4n) is 1.75.